The normalized spacial score (nSPS) is 16.4. The second-order valence-corrected chi connectivity index (χ2v) is 5.93. The van der Waals surface area contributed by atoms with Crippen LogP contribution in [0.15, 0.2) is 18.2 Å². The number of nitrogens with one attached hydrogen (secondary N) is 2. The minimum absolute atomic E-state index is 0.0822. The van der Waals surface area contributed by atoms with Crippen molar-refractivity contribution in [2.45, 2.75) is 12.8 Å². The molecule has 1 aromatic carbocycles. The van der Waals surface area contributed by atoms with Crippen LogP contribution in [-0.2, 0) is 9.59 Å². The summed E-state index contributed by atoms with van der Waals surface area (Å²) in [5.41, 5.74) is 5.60. The van der Waals surface area contributed by atoms with Gasteiger partial charge in [0.2, 0.25) is 18.6 Å². The molecule has 0 aromatic heterocycles. The van der Waals surface area contributed by atoms with Gasteiger partial charge in [0, 0.05) is 30.8 Å². The van der Waals surface area contributed by atoms with E-state index in [0.29, 0.717) is 43.1 Å². The number of anilines is 1. The maximum atomic E-state index is 12.4. The molecule has 0 atom stereocenters. The Morgan fingerprint density at radius 1 is 1.16 bits per heavy atom. The predicted octanol–water partition coefficient (Wildman–Crippen LogP) is 0.261. The lowest BCUT2D eigenvalue weighted by Crippen LogP contribution is -2.46. The van der Waals surface area contributed by atoms with Crippen molar-refractivity contribution in [2.75, 3.05) is 31.7 Å². The molecule has 0 bridgehead atoms. The van der Waals surface area contributed by atoms with E-state index in [9.17, 15) is 14.4 Å². The highest BCUT2D eigenvalue weighted by Gasteiger charge is 2.27. The van der Waals surface area contributed by atoms with Crippen LogP contribution in [0.2, 0.25) is 0 Å². The number of primary amides is 1. The number of benzene rings is 1. The zero-order valence-corrected chi connectivity index (χ0v) is 13.6. The molecule has 0 aliphatic carbocycles. The number of nitrogens with two attached hydrogens (primary N) is 1. The van der Waals surface area contributed by atoms with Crippen molar-refractivity contribution >= 4 is 23.5 Å². The number of likely N-dealkylation sites (tertiary alicyclic amines) is 1. The number of nitrogens with zero attached hydrogens (tertiary/aromatic N) is 1. The summed E-state index contributed by atoms with van der Waals surface area (Å²) in [7, 11) is 0. The zero-order chi connectivity index (χ0) is 17.8. The van der Waals surface area contributed by atoms with Crippen molar-refractivity contribution in [3.05, 3.63) is 18.2 Å². The summed E-state index contributed by atoms with van der Waals surface area (Å²) in [5.74, 6) is 0.822. The highest BCUT2D eigenvalue weighted by molar-refractivity contribution is 5.93. The monoisotopic (exact) mass is 348 g/mol. The number of carbonyl (C=O) groups is 3. The lowest BCUT2D eigenvalue weighted by atomic mass is 9.95. The highest BCUT2D eigenvalue weighted by atomic mass is 16.7. The minimum atomic E-state index is -0.730. The molecule has 9 nitrogen and oxygen atoms in total. The fourth-order valence-corrected chi connectivity index (χ4v) is 2.88. The SMILES string of the molecule is NC(=O)NCC(=O)N1CCC(C(=O)Nc2ccc3c(c2)OCO3)CC1. The molecule has 1 fully saturated rings. The van der Waals surface area contributed by atoms with Crippen molar-refractivity contribution in [3.63, 3.8) is 0 Å². The van der Waals surface area contributed by atoms with E-state index in [0.717, 1.165) is 0 Å². The maximum absolute atomic E-state index is 12.4. The summed E-state index contributed by atoms with van der Waals surface area (Å²) in [5, 5.41) is 5.15. The fraction of sp³-hybridized carbons (Fsp3) is 0.438. The molecule has 0 saturated carbocycles. The first-order valence-corrected chi connectivity index (χ1v) is 8.04. The van der Waals surface area contributed by atoms with E-state index < -0.39 is 6.03 Å². The van der Waals surface area contributed by atoms with Crippen LogP contribution in [-0.4, -0.2) is 49.2 Å². The summed E-state index contributed by atoms with van der Waals surface area (Å²) in [6, 6.07) is 4.52. The van der Waals surface area contributed by atoms with Crippen molar-refractivity contribution in [2.24, 2.45) is 11.7 Å². The number of hydrogen-bond donors (Lipinski definition) is 3. The lowest BCUT2D eigenvalue weighted by molar-refractivity contribution is -0.133. The summed E-state index contributed by atoms with van der Waals surface area (Å²) in [6.45, 7) is 1.00. The van der Waals surface area contributed by atoms with Gasteiger partial charge in [0.15, 0.2) is 11.5 Å². The molecule has 4 amide bonds. The summed E-state index contributed by atoms with van der Waals surface area (Å²) in [4.78, 5) is 36.6. The molecule has 0 spiro atoms. The van der Waals surface area contributed by atoms with E-state index in [2.05, 4.69) is 10.6 Å². The van der Waals surface area contributed by atoms with Gasteiger partial charge in [-0.1, -0.05) is 0 Å². The largest absolute Gasteiger partial charge is 0.454 e. The number of piperidine rings is 1. The number of carbonyl (C=O) groups excluding carboxylic acids is 3. The quantitative estimate of drug-likeness (QED) is 0.720. The summed E-state index contributed by atoms with van der Waals surface area (Å²) >= 11 is 0. The number of urea groups is 1. The van der Waals surface area contributed by atoms with E-state index in [1.807, 2.05) is 0 Å². The van der Waals surface area contributed by atoms with Crippen LogP contribution in [0, 0.1) is 5.92 Å². The van der Waals surface area contributed by atoms with Crippen LogP contribution in [0.1, 0.15) is 12.8 Å². The van der Waals surface area contributed by atoms with Crippen LogP contribution in [0.25, 0.3) is 0 Å². The molecule has 4 N–H and O–H groups in total. The molecule has 134 valence electrons. The lowest BCUT2D eigenvalue weighted by Gasteiger charge is -2.31. The molecule has 1 aromatic rings. The fourth-order valence-electron chi connectivity index (χ4n) is 2.88. The van der Waals surface area contributed by atoms with Crippen molar-refractivity contribution in [1.82, 2.24) is 10.2 Å². The second kappa shape index (κ2) is 7.29. The smallest absolute Gasteiger partial charge is 0.312 e. The third kappa shape index (κ3) is 4.11. The average Bonchev–Trinajstić information content (AvgIpc) is 3.07. The van der Waals surface area contributed by atoms with E-state index in [-0.39, 0.29) is 31.1 Å². The first-order chi connectivity index (χ1) is 12.0. The van der Waals surface area contributed by atoms with Crippen molar-refractivity contribution in [1.29, 1.82) is 0 Å². The zero-order valence-electron chi connectivity index (χ0n) is 13.6. The van der Waals surface area contributed by atoms with Crippen LogP contribution in [0.5, 0.6) is 11.5 Å². The molecule has 0 unspecified atom stereocenters. The van der Waals surface area contributed by atoms with Gasteiger partial charge in [0.1, 0.15) is 0 Å². The third-order valence-electron chi connectivity index (χ3n) is 4.27. The Hall–Kier alpha value is -2.97. The first-order valence-electron chi connectivity index (χ1n) is 8.04. The Kier molecular flexibility index (Phi) is 4.92. The van der Waals surface area contributed by atoms with Crippen molar-refractivity contribution < 1.29 is 23.9 Å². The first kappa shape index (κ1) is 16.9. The van der Waals surface area contributed by atoms with E-state index >= 15 is 0 Å². The Morgan fingerprint density at radius 2 is 1.88 bits per heavy atom. The molecule has 2 heterocycles. The van der Waals surface area contributed by atoms with Gasteiger partial charge in [-0.05, 0) is 25.0 Å². The molecule has 25 heavy (non-hydrogen) atoms. The maximum Gasteiger partial charge on any atom is 0.312 e. The molecular weight excluding hydrogens is 328 g/mol. The molecule has 2 aliphatic heterocycles. The van der Waals surface area contributed by atoms with Crippen molar-refractivity contribution in [3.8, 4) is 11.5 Å². The predicted molar refractivity (Wildman–Crippen MR) is 88.1 cm³/mol. The number of amides is 4. The molecule has 1 saturated heterocycles. The molecule has 0 radical (unpaired) electrons. The Balaban J connectivity index is 1.48. The van der Waals surface area contributed by atoms with Gasteiger partial charge < -0.3 is 30.7 Å². The average molecular weight is 348 g/mol. The standard InChI is InChI=1S/C16H20N4O5/c17-16(23)18-8-14(21)20-5-3-10(4-6-20)15(22)19-11-1-2-12-13(7-11)25-9-24-12/h1-2,7,10H,3-6,8-9H2,(H,19,22)(H3,17,18,23). The Morgan fingerprint density at radius 3 is 2.60 bits per heavy atom. The van der Waals surface area contributed by atoms with E-state index in [1.54, 1.807) is 23.1 Å². The Labute approximate surface area is 144 Å². The number of fused-ring (bicyclic) bond motifs is 1. The van der Waals surface area contributed by atoms with Gasteiger partial charge in [-0.25, -0.2) is 4.79 Å². The summed E-state index contributed by atoms with van der Waals surface area (Å²) in [6.07, 6.45) is 1.14. The van der Waals surface area contributed by atoms with E-state index in [4.69, 9.17) is 15.2 Å². The summed E-state index contributed by atoms with van der Waals surface area (Å²) < 4.78 is 10.5. The van der Waals surface area contributed by atoms with Gasteiger partial charge in [-0.2, -0.15) is 0 Å². The van der Waals surface area contributed by atoms with Crippen LogP contribution in [0.3, 0.4) is 0 Å². The van der Waals surface area contributed by atoms with Gasteiger partial charge in [-0.15, -0.1) is 0 Å². The van der Waals surface area contributed by atoms with Crippen LogP contribution in [0.4, 0.5) is 10.5 Å². The molecular formula is C16H20N4O5. The minimum Gasteiger partial charge on any atom is -0.454 e. The molecule has 2 aliphatic rings. The van der Waals surface area contributed by atoms with Gasteiger partial charge in [0.25, 0.3) is 0 Å². The number of hydrogen-bond acceptors (Lipinski definition) is 5. The van der Waals surface area contributed by atoms with Gasteiger partial charge in [0.05, 0.1) is 6.54 Å². The van der Waals surface area contributed by atoms with Crippen LogP contribution < -0.4 is 25.8 Å². The third-order valence-corrected chi connectivity index (χ3v) is 4.27. The second-order valence-electron chi connectivity index (χ2n) is 5.93. The van der Waals surface area contributed by atoms with Gasteiger partial charge >= 0.3 is 6.03 Å². The topological polar surface area (TPSA) is 123 Å². The van der Waals surface area contributed by atoms with Crippen LogP contribution >= 0.6 is 0 Å². The van der Waals surface area contributed by atoms with Gasteiger partial charge in [-0.3, -0.25) is 9.59 Å². The molecule has 9 heteroatoms. The number of ether oxygens (including phenoxy) is 2. The molecule has 3 rings (SSSR count). The highest BCUT2D eigenvalue weighted by Crippen LogP contribution is 2.34. The van der Waals surface area contributed by atoms with E-state index in [1.165, 1.54) is 0 Å². The Bertz CT molecular complexity index is 685. The number of rotatable bonds is 4.